The van der Waals surface area contributed by atoms with Crippen molar-refractivity contribution < 1.29 is 194 Å². The normalized spacial score (nSPS) is 11.1. The Morgan fingerprint density at radius 2 is 0.364 bits per heavy atom. The van der Waals surface area contributed by atoms with Crippen LogP contribution >= 0.6 is 0 Å². The van der Waals surface area contributed by atoms with E-state index in [2.05, 4.69) is 10.9 Å². The summed E-state index contributed by atoms with van der Waals surface area (Å²) in [5.74, 6) is 0. The standard InChI is InChI=1S/2Ce.3H2O7S2.4H2O/c;;3*1-8(2,3)7-9(4,5)6;;;;/h;;3*(H,1,2,3)(H,4,5,6);4*1H2/q2*+3;;;;;;;/p-6. The van der Waals surface area contributed by atoms with Crippen molar-refractivity contribution in [1.29, 1.82) is 0 Å². The van der Waals surface area contributed by atoms with E-state index in [4.69, 9.17) is 0 Å². The van der Waals surface area contributed by atoms with E-state index in [0.717, 1.165) is 0 Å². The largest absolute Gasteiger partial charge is 3.00 e. The SMILES string of the molecule is O.O.O.O.O=S(=O)([O-])OS(=O)(=O)[O-].O=S(=O)([O-])OS(=O)(=O)[O-].O=S(=O)([O-])OS(=O)(=O)[O-].[Ce+3].[Ce+3]. The van der Waals surface area contributed by atoms with Crippen LogP contribution in [0, 0.1) is 83.5 Å². The summed E-state index contributed by atoms with van der Waals surface area (Å²) >= 11 is 0. The second-order valence-electron chi connectivity index (χ2n) is 2.65. The van der Waals surface area contributed by atoms with Gasteiger partial charge in [0.25, 0.3) is 0 Å². The molecule has 0 rings (SSSR count). The van der Waals surface area contributed by atoms with Gasteiger partial charge in [-0.15, -0.1) is 0 Å². The van der Waals surface area contributed by atoms with Gasteiger partial charge in [-0.05, 0) is 0 Å². The molecule has 0 amide bonds. The maximum absolute atomic E-state index is 9.29. The molecule has 0 bridgehead atoms. The van der Waals surface area contributed by atoms with E-state index in [-0.39, 0.29) is 105 Å². The summed E-state index contributed by atoms with van der Waals surface area (Å²) in [5, 5.41) is 0. The smallest absolute Gasteiger partial charge is 0.725 e. The van der Waals surface area contributed by atoms with Crippen molar-refractivity contribution in [2.45, 2.75) is 0 Å². The first-order valence-corrected chi connectivity index (χ1v) is 12.0. The van der Waals surface area contributed by atoms with Crippen LogP contribution in [0.2, 0.25) is 0 Å². The molecule has 202 valence electrons. The minimum atomic E-state index is -5.43. The molecule has 0 aromatic heterocycles. The summed E-state index contributed by atoms with van der Waals surface area (Å²) in [6.45, 7) is 0. The Morgan fingerprint density at radius 3 is 0.364 bits per heavy atom. The first kappa shape index (κ1) is 59.8. The Labute approximate surface area is 252 Å². The van der Waals surface area contributed by atoms with Crippen molar-refractivity contribution in [3.63, 3.8) is 0 Å². The number of rotatable bonds is 6. The summed E-state index contributed by atoms with van der Waals surface area (Å²) in [6, 6.07) is 0. The molecule has 0 saturated heterocycles. The minimum absolute atomic E-state index is 0. The average Bonchev–Trinajstić information content (AvgIpc) is 1.96. The molecule has 0 aliphatic rings. The quantitative estimate of drug-likeness (QED) is 0.176. The molecule has 0 fully saturated rings. The fraction of sp³-hybridized carbons (Fsp3) is 0. The summed E-state index contributed by atoms with van der Waals surface area (Å²) in [7, 11) is -32.6. The molecular weight excluding hydrogens is 873 g/mol. The summed E-state index contributed by atoms with van der Waals surface area (Å²) in [4.78, 5) is 0. The fourth-order valence-corrected chi connectivity index (χ4v) is 2.76. The topological polar surface area (TPSA) is 497 Å². The van der Waals surface area contributed by atoms with E-state index < -0.39 is 62.4 Å². The van der Waals surface area contributed by atoms with Gasteiger partial charge in [-0.2, -0.15) is 10.9 Å². The molecular formula is H8Ce2O25S6. The molecule has 0 aliphatic carbocycles. The maximum Gasteiger partial charge on any atom is 3.00 e. The third kappa shape index (κ3) is 87.1. The zero-order valence-corrected chi connectivity index (χ0v) is 25.2. The zero-order valence-electron chi connectivity index (χ0n) is 14.0. The molecule has 0 saturated carbocycles. The van der Waals surface area contributed by atoms with E-state index in [1.165, 1.54) is 0 Å². The summed E-state index contributed by atoms with van der Waals surface area (Å²) < 4.78 is 175. The van der Waals surface area contributed by atoms with Crippen LogP contribution < -0.4 is 0 Å². The Morgan fingerprint density at radius 1 is 0.303 bits per heavy atom. The van der Waals surface area contributed by atoms with Gasteiger partial charge >= 0.3 is 83.5 Å². The van der Waals surface area contributed by atoms with Gasteiger partial charge in [-0.25, -0.2) is 50.5 Å². The van der Waals surface area contributed by atoms with Crippen LogP contribution in [0.15, 0.2) is 0 Å². The fourth-order valence-electron chi connectivity index (χ4n) is 0.306. The Bertz CT molecular complexity index is 856. The van der Waals surface area contributed by atoms with E-state index in [0.29, 0.717) is 0 Å². The molecule has 0 spiro atoms. The predicted octanol–water partition coefficient (Wildman–Crippen LogP) is -9.53. The molecule has 25 nitrogen and oxygen atoms in total. The molecule has 33 heteroatoms. The third-order valence-electron chi connectivity index (χ3n) is 0.500. The molecule has 0 aromatic carbocycles. The van der Waals surface area contributed by atoms with Crippen LogP contribution in [-0.2, 0) is 73.3 Å². The van der Waals surface area contributed by atoms with Crippen LogP contribution in [0.1, 0.15) is 0 Å². The molecule has 2 radical (unpaired) electrons. The first-order chi connectivity index (χ1) is 11.1. The van der Waals surface area contributed by atoms with E-state index in [1.807, 2.05) is 0 Å². The Hall–Kier alpha value is 1.93. The van der Waals surface area contributed by atoms with Crippen molar-refractivity contribution in [2.75, 3.05) is 0 Å². The Kier molecular flexibility index (Phi) is 39.8. The van der Waals surface area contributed by atoms with Gasteiger partial charge in [0.2, 0.25) is 62.4 Å². The van der Waals surface area contributed by atoms with Crippen LogP contribution in [0.25, 0.3) is 0 Å². The number of hydrogen-bond acceptors (Lipinski definition) is 21. The van der Waals surface area contributed by atoms with Crippen LogP contribution in [0.3, 0.4) is 0 Å². The van der Waals surface area contributed by atoms with Gasteiger partial charge in [-0.1, -0.05) is 0 Å². The van der Waals surface area contributed by atoms with E-state index in [9.17, 15) is 77.8 Å². The number of hydrogen-bond donors (Lipinski definition) is 0. The van der Waals surface area contributed by atoms with Gasteiger partial charge < -0.3 is 49.2 Å². The Balaban J connectivity index is -0.0000000343. The van der Waals surface area contributed by atoms with E-state index in [1.54, 1.807) is 0 Å². The van der Waals surface area contributed by atoms with Crippen LogP contribution in [0.5, 0.6) is 0 Å². The van der Waals surface area contributed by atoms with Crippen molar-refractivity contribution in [1.82, 2.24) is 0 Å². The van der Waals surface area contributed by atoms with Gasteiger partial charge in [0.1, 0.15) is 0 Å². The predicted molar refractivity (Wildman–Crippen MR) is 75.9 cm³/mol. The van der Waals surface area contributed by atoms with Gasteiger partial charge in [0.05, 0.1) is 0 Å². The minimum Gasteiger partial charge on any atom is -0.725 e. The molecule has 0 aromatic rings. The molecule has 0 aliphatic heterocycles. The third-order valence-corrected chi connectivity index (χ3v) is 4.50. The average molecular weight is 881 g/mol. The monoisotopic (exact) mass is 880 g/mol. The van der Waals surface area contributed by atoms with Crippen molar-refractivity contribution in [3.05, 3.63) is 0 Å². The zero-order chi connectivity index (χ0) is 23.1. The molecule has 8 N–H and O–H groups in total. The maximum atomic E-state index is 9.29. The second kappa shape index (κ2) is 22.0. The molecule has 0 atom stereocenters. The van der Waals surface area contributed by atoms with Crippen LogP contribution in [-0.4, -0.2) is 99.7 Å². The van der Waals surface area contributed by atoms with Crippen molar-refractivity contribution in [3.8, 4) is 0 Å². The van der Waals surface area contributed by atoms with Gasteiger partial charge in [0, 0.05) is 0 Å². The van der Waals surface area contributed by atoms with Crippen LogP contribution in [0.4, 0.5) is 0 Å². The van der Waals surface area contributed by atoms with Crippen molar-refractivity contribution >= 4 is 62.4 Å². The second-order valence-corrected chi connectivity index (χ2v) is 9.19. The van der Waals surface area contributed by atoms with Gasteiger partial charge in [-0.3, -0.25) is 0 Å². The van der Waals surface area contributed by atoms with E-state index >= 15 is 0 Å². The molecule has 0 heterocycles. The summed E-state index contributed by atoms with van der Waals surface area (Å²) in [6.07, 6.45) is 0. The molecule has 33 heavy (non-hydrogen) atoms. The van der Waals surface area contributed by atoms with Gasteiger partial charge in [0.15, 0.2) is 0 Å². The first-order valence-electron chi connectivity index (χ1n) is 4.00. The molecule has 0 unspecified atom stereocenters. The van der Waals surface area contributed by atoms with Crippen molar-refractivity contribution in [2.24, 2.45) is 0 Å². The summed E-state index contributed by atoms with van der Waals surface area (Å²) in [5.41, 5.74) is 0.